The number of carbonyl (C=O) groups is 2. The lowest BCUT2D eigenvalue weighted by atomic mass is 9.65. The minimum Gasteiger partial charge on any atom is -0.493 e. The molecule has 44 heavy (non-hydrogen) atoms. The summed E-state index contributed by atoms with van der Waals surface area (Å²) in [6.45, 7) is 8.79. The molecule has 1 aliphatic heterocycles. The highest BCUT2D eigenvalue weighted by Crippen LogP contribution is 2.50. The monoisotopic (exact) mass is 629 g/mol. The molecule has 3 N–H and O–H groups in total. The van der Waals surface area contributed by atoms with Gasteiger partial charge >= 0.3 is 18.2 Å². The Morgan fingerprint density at radius 2 is 1.66 bits per heavy atom. The number of amides is 2. The summed E-state index contributed by atoms with van der Waals surface area (Å²) in [6, 6.07) is 9.43. The Labute approximate surface area is 253 Å². The molecule has 1 saturated heterocycles. The summed E-state index contributed by atoms with van der Waals surface area (Å²) >= 11 is 0. The van der Waals surface area contributed by atoms with Gasteiger partial charge in [-0.15, -0.1) is 0 Å². The summed E-state index contributed by atoms with van der Waals surface area (Å²) < 4.78 is 69.7. The summed E-state index contributed by atoms with van der Waals surface area (Å²) in [6.07, 6.45) is -0.395. The largest absolute Gasteiger partial charge is 0.493 e. The number of urea groups is 1. The van der Waals surface area contributed by atoms with Crippen LogP contribution in [0.1, 0.15) is 58.4 Å². The van der Waals surface area contributed by atoms with E-state index in [1.807, 2.05) is 6.07 Å². The number of alkyl halides is 3. The van der Waals surface area contributed by atoms with Crippen molar-refractivity contribution < 1.29 is 46.1 Å². The van der Waals surface area contributed by atoms with Gasteiger partial charge in [0.2, 0.25) is 0 Å². The number of rotatable bonds is 7. The molecule has 2 amide bonds. The van der Waals surface area contributed by atoms with Gasteiger partial charge in [-0.1, -0.05) is 26.8 Å². The van der Waals surface area contributed by atoms with E-state index in [4.69, 9.17) is 19.4 Å². The predicted molar refractivity (Wildman–Crippen MR) is 155 cm³/mol. The maximum absolute atomic E-state index is 13.6. The third-order valence-electron chi connectivity index (χ3n) is 8.23. The highest BCUT2D eigenvalue weighted by Gasteiger charge is 2.51. The van der Waals surface area contributed by atoms with Crippen molar-refractivity contribution in [2.45, 2.75) is 76.6 Å². The fraction of sp³-hybridized carbons (Fsp3) is 0.548. The van der Waals surface area contributed by atoms with Crippen molar-refractivity contribution in [2.24, 2.45) is 5.41 Å². The van der Waals surface area contributed by atoms with Crippen molar-refractivity contribution in [1.29, 1.82) is 0 Å². The Bertz CT molecular complexity index is 1320. The van der Waals surface area contributed by atoms with E-state index in [9.17, 15) is 26.7 Å². The lowest BCUT2D eigenvalue weighted by Gasteiger charge is -2.46. The number of aliphatic carboxylic acids is 1. The third-order valence-corrected chi connectivity index (χ3v) is 8.23. The molecule has 2 aliphatic rings. The molecule has 13 heteroatoms. The SMILES string of the molecule is COc1ccc(C23CCC(NC(=O)Nc4ccc(F)c(F)c4)CC2N(CCC(C)(C)C)CC3)cc1OC.O=C(O)C(F)(F)F. The minimum absolute atomic E-state index is 0.0289. The molecular weight excluding hydrogens is 589 g/mol. The second-order valence-electron chi connectivity index (χ2n) is 12.3. The molecule has 0 bridgehead atoms. The maximum atomic E-state index is 13.6. The number of hydrogen-bond acceptors (Lipinski definition) is 5. The molecule has 1 saturated carbocycles. The molecular formula is C31H40F5N3O5. The molecule has 0 aromatic heterocycles. The molecule has 2 aromatic rings. The number of hydrogen-bond donors (Lipinski definition) is 3. The van der Waals surface area contributed by atoms with E-state index in [0.717, 1.165) is 63.1 Å². The minimum atomic E-state index is -5.08. The average Bonchev–Trinajstić information content (AvgIpc) is 3.32. The van der Waals surface area contributed by atoms with Crippen LogP contribution in [0.15, 0.2) is 36.4 Å². The molecule has 3 atom stereocenters. The topological polar surface area (TPSA) is 100 Å². The molecule has 0 radical (unpaired) electrons. The van der Waals surface area contributed by atoms with E-state index >= 15 is 0 Å². The van der Waals surface area contributed by atoms with Crippen LogP contribution in [0.2, 0.25) is 0 Å². The van der Waals surface area contributed by atoms with Gasteiger partial charge < -0.3 is 25.2 Å². The summed E-state index contributed by atoms with van der Waals surface area (Å²) in [7, 11) is 3.30. The quantitative estimate of drug-likeness (QED) is 0.294. The highest BCUT2D eigenvalue weighted by atomic mass is 19.4. The molecule has 1 heterocycles. The fourth-order valence-electron chi connectivity index (χ4n) is 5.93. The number of carboxylic acid groups (broad SMARTS) is 1. The molecule has 2 aromatic carbocycles. The lowest BCUT2D eigenvalue weighted by molar-refractivity contribution is -0.192. The van der Waals surface area contributed by atoms with E-state index in [0.29, 0.717) is 5.75 Å². The van der Waals surface area contributed by atoms with Crippen molar-refractivity contribution in [3.05, 3.63) is 53.6 Å². The second-order valence-corrected chi connectivity index (χ2v) is 12.3. The third kappa shape index (κ3) is 8.73. The van der Waals surface area contributed by atoms with Gasteiger partial charge in [-0.25, -0.2) is 18.4 Å². The van der Waals surface area contributed by atoms with Gasteiger partial charge in [0, 0.05) is 29.3 Å². The zero-order chi connectivity index (χ0) is 32.9. The number of ether oxygens (including phenoxy) is 2. The molecule has 244 valence electrons. The van der Waals surface area contributed by atoms with Gasteiger partial charge in [0.05, 0.1) is 14.2 Å². The molecule has 2 fully saturated rings. The number of anilines is 1. The zero-order valence-electron chi connectivity index (χ0n) is 25.5. The van der Waals surface area contributed by atoms with E-state index < -0.39 is 29.8 Å². The Morgan fingerprint density at radius 3 is 2.23 bits per heavy atom. The van der Waals surface area contributed by atoms with E-state index in [1.165, 1.54) is 11.6 Å². The second kappa shape index (κ2) is 14.0. The summed E-state index contributed by atoms with van der Waals surface area (Å²) in [5.74, 6) is -3.25. The van der Waals surface area contributed by atoms with Gasteiger partial charge in [0.1, 0.15) is 0 Å². The van der Waals surface area contributed by atoms with Crippen LogP contribution < -0.4 is 20.1 Å². The smallest absolute Gasteiger partial charge is 0.490 e. The van der Waals surface area contributed by atoms with Crippen LogP contribution in [0.25, 0.3) is 0 Å². The van der Waals surface area contributed by atoms with Crippen molar-refractivity contribution in [3.63, 3.8) is 0 Å². The van der Waals surface area contributed by atoms with Crippen molar-refractivity contribution in [3.8, 4) is 11.5 Å². The van der Waals surface area contributed by atoms with Crippen LogP contribution in [-0.2, 0) is 10.2 Å². The Hall–Kier alpha value is -3.61. The first-order chi connectivity index (χ1) is 20.5. The first-order valence-corrected chi connectivity index (χ1v) is 14.3. The van der Waals surface area contributed by atoms with Gasteiger partial charge in [-0.2, -0.15) is 13.2 Å². The number of halogens is 5. The number of methoxy groups -OCH3 is 2. The van der Waals surface area contributed by atoms with Gasteiger partial charge in [0.25, 0.3) is 0 Å². The highest BCUT2D eigenvalue weighted by molar-refractivity contribution is 5.89. The normalized spacial score (nSPS) is 21.9. The first kappa shape index (κ1) is 34.9. The number of nitrogens with one attached hydrogen (secondary N) is 2. The van der Waals surface area contributed by atoms with Crippen LogP contribution >= 0.6 is 0 Å². The predicted octanol–water partition coefficient (Wildman–Crippen LogP) is 6.74. The Balaban J connectivity index is 0.000000676. The standard InChI is InChI=1S/C29H39F2N3O3.C2HF3O2/c1-28(2,3)12-14-34-15-13-29(19-6-9-24(36-4)25(16-19)37-5)11-10-21(18-26(29)34)33-27(35)32-20-7-8-22(30)23(31)17-20;3-2(4,5)1(6)7/h6-9,16-17,21,26H,10-15,18H2,1-5H3,(H2,32,33,35);(H,6,7). The van der Waals surface area contributed by atoms with Crippen molar-refractivity contribution in [1.82, 2.24) is 10.2 Å². The van der Waals surface area contributed by atoms with E-state index in [2.05, 4.69) is 48.4 Å². The van der Waals surface area contributed by atoms with Gasteiger partial charge in [-0.3, -0.25) is 4.90 Å². The molecule has 8 nitrogen and oxygen atoms in total. The summed E-state index contributed by atoms with van der Waals surface area (Å²) in [4.78, 5) is 24.2. The van der Waals surface area contributed by atoms with E-state index in [-0.39, 0.29) is 28.6 Å². The number of benzene rings is 2. The first-order valence-electron chi connectivity index (χ1n) is 14.3. The molecule has 0 spiro atoms. The Kier molecular flexibility index (Phi) is 11.1. The lowest BCUT2D eigenvalue weighted by Crippen LogP contribution is -2.53. The van der Waals surface area contributed by atoms with Crippen LogP contribution in [0.5, 0.6) is 11.5 Å². The van der Waals surface area contributed by atoms with E-state index in [1.54, 1.807) is 14.2 Å². The Morgan fingerprint density at radius 1 is 1.00 bits per heavy atom. The average molecular weight is 630 g/mol. The molecule has 3 unspecified atom stereocenters. The van der Waals surface area contributed by atoms with Crippen molar-refractivity contribution in [2.75, 3.05) is 32.6 Å². The fourth-order valence-corrected chi connectivity index (χ4v) is 5.93. The number of carbonyl (C=O) groups excluding carboxylic acids is 1. The van der Waals surface area contributed by atoms with Crippen molar-refractivity contribution >= 4 is 17.7 Å². The van der Waals surface area contributed by atoms with Crippen LogP contribution in [0.3, 0.4) is 0 Å². The number of carboxylic acids is 1. The van der Waals surface area contributed by atoms with Crippen LogP contribution in [0.4, 0.5) is 32.4 Å². The van der Waals surface area contributed by atoms with Crippen LogP contribution in [-0.4, -0.2) is 67.6 Å². The maximum Gasteiger partial charge on any atom is 0.490 e. The number of nitrogens with zero attached hydrogens (tertiary/aromatic N) is 1. The zero-order valence-corrected chi connectivity index (χ0v) is 25.5. The summed E-state index contributed by atoms with van der Waals surface area (Å²) in [5, 5.41) is 12.8. The molecule has 4 rings (SSSR count). The molecule has 1 aliphatic carbocycles. The number of fused-ring (bicyclic) bond motifs is 1. The number of likely N-dealkylation sites (tertiary alicyclic amines) is 1. The van der Waals surface area contributed by atoms with Gasteiger partial charge in [-0.05, 0) is 80.4 Å². The van der Waals surface area contributed by atoms with Gasteiger partial charge in [0.15, 0.2) is 23.1 Å². The summed E-state index contributed by atoms with van der Waals surface area (Å²) in [5.41, 5.74) is 1.66. The van der Waals surface area contributed by atoms with Crippen LogP contribution in [0, 0.1) is 17.0 Å².